The van der Waals surface area contributed by atoms with Crippen molar-refractivity contribution in [3.8, 4) is 0 Å². The molecule has 2 fully saturated rings. The van der Waals surface area contributed by atoms with Gasteiger partial charge in [-0.3, -0.25) is 0 Å². The summed E-state index contributed by atoms with van der Waals surface area (Å²) in [5.41, 5.74) is 0.537. The van der Waals surface area contributed by atoms with E-state index in [2.05, 4.69) is 10.6 Å². The molecule has 2 saturated heterocycles. The SMILES string of the molecule is O=C(NCC(O)c1ccc(Cl)cc1Cl)NC1CC2CCC1O2. The quantitative estimate of drug-likeness (QED) is 0.786. The van der Waals surface area contributed by atoms with Crippen LogP contribution in [0.2, 0.25) is 10.0 Å². The van der Waals surface area contributed by atoms with E-state index in [-0.39, 0.29) is 30.8 Å². The van der Waals surface area contributed by atoms with E-state index in [9.17, 15) is 9.90 Å². The molecule has 120 valence electrons. The molecular weight excluding hydrogens is 327 g/mol. The number of benzene rings is 1. The van der Waals surface area contributed by atoms with Gasteiger partial charge in [0.15, 0.2) is 0 Å². The van der Waals surface area contributed by atoms with Crippen LogP contribution in [0.4, 0.5) is 4.79 Å². The van der Waals surface area contributed by atoms with Gasteiger partial charge in [0, 0.05) is 22.2 Å². The molecule has 0 aliphatic carbocycles. The van der Waals surface area contributed by atoms with E-state index in [0.717, 1.165) is 19.3 Å². The van der Waals surface area contributed by atoms with Crippen molar-refractivity contribution in [1.82, 2.24) is 10.6 Å². The van der Waals surface area contributed by atoms with Crippen LogP contribution in [0.5, 0.6) is 0 Å². The van der Waals surface area contributed by atoms with E-state index in [1.54, 1.807) is 18.2 Å². The summed E-state index contributed by atoms with van der Waals surface area (Å²) < 4.78 is 5.69. The van der Waals surface area contributed by atoms with Gasteiger partial charge in [-0.1, -0.05) is 29.3 Å². The van der Waals surface area contributed by atoms with Gasteiger partial charge < -0.3 is 20.5 Å². The average Bonchev–Trinajstić information content (AvgIpc) is 3.07. The molecule has 2 bridgehead atoms. The Balaban J connectivity index is 1.48. The molecule has 1 aromatic rings. The maximum Gasteiger partial charge on any atom is 0.315 e. The summed E-state index contributed by atoms with van der Waals surface area (Å²) in [5.74, 6) is 0. The van der Waals surface area contributed by atoms with Crippen LogP contribution in [0.15, 0.2) is 18.2 Å². The number of carbonyl (C=O) groups is 1. The number of hydrogen-bond donors (Lipinski definition) is 3. The molecule has 1 aromatic carbocycles. The van der Waals surface area contributed by atoms with Crippen molar-refractivity contribution in [3.05, 3.63) is 33.8 Å². The number of urea groups is 1. The lowest BCUT2D eigenvalue weighted by Crippen LogP contribution is -2.47. The molecule has 7 heteroatoms. The fourth-order valence-corrected chi connectivity index (χ4v) is 3.61. The van der Waals surface area contributed by atoms with Gasteiger partial charge in [-0.25, -0.2) is 4.79 Å². The maximum atomic E-state index is 11.9. The summed E-state index contributed by atoms with van der Waals surface area (Å²) in [6, 6.07) is 4.63. The zero-order chi connectivity index (χ0) is 15.7. The fraction of sp³-hybridized carbons (Fsp3) is 0.533. The van der Waals surface area contributed by atoms with Crippen LogP contribution in [-0.4, -0.2) is 35.9 Å². The molecule has 0 radical (unpaired) electrons. The Hall–Kier alpha value is -1.01. The third kappa shape index (κ3) is 3.49. The summed E-state index contributed by atoms with van der Waals surface area (Å²) in [6.07, 6.45) is 2.48. The molecule has 2 heterocycles. The largest absolute Gasteiger partial charge is 0.387 e. The third-order valence-corrected chi connectivity index (χ3v) is 4.76. The highest BCUT2D eigenvalue weighted by atomic mass is 35.5. The molecule has 3 N–H and O–H groups in total. The molecule has 22 heavy (non-hydrogen) atoms. The van der Waals surface area contributed by atoms with Crippen LogP contribution in [0.25, 0.3) is 0 Å². The van der Waals surface area contributed by atoms with E-state index in [0.29, 0.717) is 15.6 Å². The molecule has 5 nitrogen and oxygen atoms in total. The lowest BCUT2D eigenvalue weighted by molar-refractivity contribution is 0.0979. The first-order valence-electron chi connectivity index (χ1n) is 7.36. The first kappa shape index (κ1) is 15.9. The first-order valence-corrected chi connectivity index (χ1v) is 8.11. The fourth-order valence-electron chi connectivity index (χ4n) is 3.08. The Labute approximate surface area is 138 Å². The Kier molecular flexibility index (Phi) is 4.78. The average molecular weight is 345 g/mol. The molecule has 3 rings (SSSR count). The molecule has 2 aliphatic rings. The van der Waals surface area contributed by atoms with Crippen LogP contribution >= 0.6 is 23.2 Å². The van der Waals surface area contributed by atoms with Crippen molar-refractivity contribution >= 4 is 29.2 Å². The number of aliphatic hydroxyl groups excluding tert-OH is 1. The Morgan fingerprint density at radius 3 is 2.86 bits per heavy atom. The van der Waals surface area contributed by atoms with Gasteiger partial charge in [0.2, 0.25) is 0 Å². The van der Waals surface area contributed by atoms with Crippen LogP contribution in [0, 0.1) is 0 Å². The summed E-state index contributed by atoms with van der Waals surface area (Å²) in [7, 11) is 0. The van der Waals surface area contributed by atoms with Gasteiger partial charge in [-0.15, -0.1) is 0 Å². The minimum atomic E-state index is -0.883. The maximum absolute atomic E-state index is 11.9. The Morgan fingerprint density at radius 1 is 1.41 bits per heavy atom. The normalized spacial score (nSPS) is 27.7. The third-order valence-electron chi connectivity index (χ3n) is 4.20. The second-order valence-electron chi connectivity index (χ2n) is 5.75. The van der Waals surface area contributed by atoms with Crippen molar-refractivity contribution in [3.63, 3.8) is 0 Å². The van der Waals surface area contributed by atoms with Crippen molar-refractivity contribution in [2.24, 2.45) is 0 Å². The van der Waals surface area contributed by atoms with Crippen LogP contribution in [-0.2, 0) is 4.74 Å². The Bertz CT molecular complexity index is 570. The lowest BCUT2D eigenvalue weighted by atomic mass is 9.96. The lowest BCUT2D eigenvalue weighted by Gasteiger charge is -2.21. The van der Waals surface area contributed by atoms with E-state index in [1.165, 1.54) is 0 Å². The van der Waals surface area contributed by atoms with E-state index in [4.69, 9.17) is 27.9 Å². The highest BCUT2D eigenvalue weighted by molar-refractivity contribution is 6.35. The minimum Gasteiger partial charge on any atom is -0.387 e. The minimum absolute atomic E-state index is 0.0648. The molecule has 4 unspecified atom stereocenters. The first-order chi connectivity index (χ1) is 10.5. The molecule has 4 atom stereocenters. The van der Waals surface area contributed by atoms with Gasteiger partial charge in [-0.05, 0) is 31.4 Å². The van der Waals surface area contributed by atoms with Gasteiger partial charge in [0.25, 0.3) is 0 Å². The molecular formula is C15H18Cl2N2O3. The number of ether oxygens (including phenoxy) is 1. The van der Waals surface area contributed by atoms with Gasteiger partial charge in [-0.2, -0.15) is 0 Å². The number of nitrogens with one attached hydrogen (secondary N) is 2. The summed E-state index contributed by atoms with van der Waals surface area (Å²) in [4.78, 5) is 11.9. The smallest absolute Gasteiger partial charge is 0.315 e. The summed E-state index contributed by atoms with van der Waals surface area (Å²) >= 11 is 11.8. The van der Waals surface area contributed by atoms with Crippen molar-refractivity contribution < 1.29 is 14.6 Å². The van der Waals surface area contributed by atoms with Crippen molar-refractivity contribution in [2.45, 2.75) is 43.6 Å². The molecule has 0 saturated carbocycles. The number of carbonyl (C=O) groups excluding carboxylic acids is 1. The number of fused-ring (bicyclic) bond motifs is 2. The standard InChI is InChI=1S/C15H18Cl2N2O3/c16-8-1-3-10(11(17)5-8)13(20)7-18-15(21)19-12-6-9-2-4-14(12)22-9/h1,3,5,9,12-14,20H,2,4,6-7H2,(H2,18,19,21). The topological polar surface area (TPSA) is 70.6 Å². The highest BCUT2D eigenvalue weighted by Crippen LogP contribution is 2.34. The monoisotopic (exact) mass is 344 g/mol. The van der Waals surface area contributed by atoms with Crippen molar-refractivity contribution in [1.29, 1.82) is 0 Å². The second kappa shape index (κ2) is 6.62. The second-order valence-corrected chi connectivity index (χ2v) is 6.60. The van der Waals surface area contributed by atoms with Crippen LogP contribution in [0.1, 0.15) is 30.9 Å². The van der Waals surface area contributed by atoms with Crippen LogP contribution in [0.3, 0.4) is 0 Å². The number of halogens is 2. The predicted octanol–water partition coefficient (Wildman–Crippen LogP) is 2.65. The van der Waals surface area contributed by atoms with Gasteiger partial charge in [0.1, 0.15) is 0 Å². The summed E-state index contributed by atoms with van der Waals surface area (Å²) in [6.45, 7) is 0.0782. The molecule has 0 spiro atoms. The highest BCUT2D eigenvalue weighted by Gasteiger charge is 2.41. The van der Waals surface area contributed by atoms with Gasteiger partial charge >= 0.3 is 6.03 Å². The van der Waals surface area contributed by atoms with Crippen LogP contribution < -0.4 is 10.6 Å². The van der Waals surface area contributed by atoms with E-state index in [1.807, 2.05) is 0 Å². The zero-order valence-electron chi connectivity index (χ0n) is 11.9. The number of rotatable bonds is 4. The van der Waals surface area contributed by atoms with Crippen molar-refractivity contribution in [2.75, 3.05) is 6.54 Å². The number of amides is 2. The molecule has 2 amide bonds. The van der Waals surface area contributed by atoms with Gasteiger partial charge in [0.05, 0.1) is 24.4 Å². The molecule has 0 aromatic heterocycles. The number of hydrogen-bond acceptors (Lipinski definition) is 3. The zero-order valence-corrected chi connectivity index (χ0v) is 13.4. The summed E-state index contributed by atoms with van der Waals surface area (Å²) in [5, 5.41) is 16.6. The predicted molar refractivity (Wildman–Crippen MR) is 84.3 cm³/mol. The molecule has 2 aliphatic heterocycles. The number of aliphatic hydroxyl groups is 1. The van der Waals surface area contributed by atoms with E-state index < -0.39 is 6.10 Å². The Morgan fingerprint density at radius 2 is 2.23 bits per heavy atom. The van der Waals surface area contributed by atoms with E-state index >= 15 is 0 Å².